The number of unbranched alkanes of at least 4 members (excludes halogenated alkanes) is 1. The molecule has 0 spiro atoms. The Hall–Kier alpha value is -2.36. The average Bonchev–Trinajstić information content (AvgIpc) is 2.68. The number of rotatable bonds is 6. The molecule has 0 bridgehead atoms. The quantitative estimate of drug-likeness (QED) is 0.618. The second-order valence-electron chi connectivity index (χ2n) is 6.87. The third-order valence-corrected chi connectivity index (χ3v) is 5.10. The summed E-state index contributed by atoms with van der Waals surface area (Å²) in [6.45, 7) is 4.82. The number of fused-ring (bicyclic) bond motifs is 1. The summed E-state index contributed by atoms with van der Waals surface area (Å²) in [7, 11) is 0. The minimum Gasteiger partial charge on any atom is -0.507 e. The van der Waals surface area contributed by atoms with Gasteiger partial charge in [-0.1, -0.05) is 38.5 Å². The van der Waals surface area contributed by atoms with Crippen LogP contribution in [0.25, 0.3) is 5.69 Å². The molecule has 1 N–H and O–H groups in total. The highest BCUT2D eigenvalue weighted by Gasteiger charge is 2.26. The van der Waals surface area contributed by atoms with Crippen LogP contribution in [-0.4, -0.2) is 21.9 Å². The number of hydrogen-bond acceptors (Lipinski definition) is 3. The van der Waals surface area contributed by atoms with Crippen molar-refractivity contribution in [1.29, 1.82) is 0 Å². The van der Waals surface area contributed by atoms with Gasteiger partial charge in [0.15, 0.2) is 0 Å². The van der Waals surface area contributed by atoms with Crippen LogP contribution >= 0.6 is 0 Å². The maximum absolute atomic E-state index is 13.4. The molecule has 1 aromatic heterocycles. The Kier molecular flexibility index (Phi) is 5.92. The van der Waals surface area contributed by atoms with Gasteiger partial charge in [-0.2, -0.15) is 0 Å². The lowest BCUT2D eigenvalue weighted by Crippen LogP contribution is -2.31. The van der Waals surface area contributed by atoms with Gasteiger partial charge in [-0.3, -0.25) is 14.4 Å². The van der Waals surface area contributed by atoms with E-state index in [1.807, 2.05) is 37.3 Å². The Labute approximate surface area is 155 Å². The van der Waals surface area contributed by atoms with Gasteiger partial charge in [0.2, 0.25) is 0 Å². The minimum atomic E-state index is -0.147. The van der Waals surface area contributed by atoms with Crippen molar-refractivity contribution >= 4 is 5.71 Å². The summed E-state index contributed by atoms with van der Waals surface area (Å²) in [5.74, 6) is 0.161. The fourth-order valence-electron chi connectivity index (χ4n) is 3.73. The maximum Gasteiger partial charge on any atom is 0.268 e. The van der Waals surface area contributed by atoms with Gasteiger partial charge in [0.25, 0.3) is 5.56 Å². The largest absolute Gasteiger partial charge is 0.507 e. The molecule has 1 aromatic carbocycles. The van der Waals surface area contributed by atoms with E-state index in [0.717, 1.165) is 61.2 Å². The molecule has 0 aliphatic heterocycles. The number of aromatic hydroxyl groups is 1. The van der Waals surface area contributed by atoms with E-state index < -0.39 is 0 Å². The molecule has 0 unspecified atom stereocenters. The molecule has 0 fully saturated rings. The van der Waals surface area contributed by atoms with E-state index in [9.17, 15) is 9.90 Å². The van der Waals surface area contributed by atoms with Gasteiger partial charge >= 0.3 is 0 Å². The number of para-hydroxylation sites is 1. The van der Waals surface area contributed by atoms with Crippen molar-refractivity contribution in [2.24, 2.45) is 4.99 Å². The predicted molar refractivity (Wildman–Crippen MR) is 107 cm³/mol. The lowest BCUT2D eigenvalue weighted by molar-refractivity contribution is 0.454. The van der Waals surface area contributed by atoms with Crippen LogP contribution in [0.3, 0.4) is 0 Å². The minimum absolute atomic E-state index is 0.147. The van der Waals surface area contributed by atoms with E-state index in [1.165, 1.54) is 0 Å². The highest BCUT2D eigenvalue weighted by Crippen LogP contribution is 2.32. The lowest BCUT2D eigenvalue weighted by Gasteiger charge is -2.24. The molecular weight excluding hydrogens is 324 g/mol. The number of hydrogen-bond donors (Lipinski definition) is 1. The average molecular weight is 352 g/mol. The van der Waals surface area contributed by atoms with Crippen LogP contribution in [0, 0.1) is 0 Å². The Morgan fingerprint density at radius 2 is 1.88 bits per heavy atom. The molecule has 1 aliphatic rings. The van der Waals surface area contributed by atoms with E-state index in [-0.39, 0.29) is 11.3 Å². The second kappa shape index (κ2) is 8.35. The summed E-state index contributed by atoms with van der Waals surface area (Å²) in [4.78, 5) is 18.1. The van der Waals surface area contributed by atoms with Crippen molar-refractivity contribution in [3.63, 3.8) is 0 Å². The Balaban J connectivity index is 2.26. The molecule has 138 valence electrons. The zero-order valence-electron chi connectivity index (χ0n) is 15.8. The van der Waals surface area contributed by atoms with Gasteiger partial charge < -0.3 is 5.11 Å². The van der Waals surface area contributed by atoms with Crippen molar-refractivity contribution in [3.05, 3.63) is 57.5 Å². The van der Waals surface area contributed by atoms with Gasteiger partial charge in [0.05, 0.1) is 5.71 Å². The molecule has 4 heteroatoms. The summed E-state index contributed by atoms with van der Waals surface area (Å²) < 4.78 is 1.80. The summed E-state index contributed by atoms with van der Waals surface area (Å²) in [5.41, 5.74) is 3.71. The normalized spacial score (nSPS) is 14.3. The maximum atomic E-state index is 13.4. The van der Waals surface area contributed by atoms with Crippen LogP contribution in [0.5, 0.6) is 5.75 Å². The molecule has 3 rings (SSSR count). The Bertz CT molecular complexity index is 851. The number of benzene rings is 1. The SMILES string of the molecule is CCCCN=C(CC)c1c(O)c2c(n(-c3ccccc3)c1=O)CCCC2. The van der Waals surface area contributed by atoms with Crippen LogP contribution < -0.4 is 5.56 Å². The summed E-state index contributed by atoms with van der Waals surface area (Å²) in [6.07, 6.45) is 6.41. The first kappa shape index (κ1) is 18.4. The number of aromatic nitrogens is 1. The number of pyridine rings is 1. The molecule has 0 radical (unpaired) electrons. The molecule has 2 aromatic rings. The number of nitrogens with zero attached hydrogens (tertiary/aromatic N) is 2. The highest BCUT2D eigenvalue weighted by atomic mass is 16.3. The summed E-state index contributed by atoms with van der Waals surface area (Å²) in [6, 6.07) is 9.75. The van der Waals surface area contributed by atoms with Crippen molar-refractivity contribution in [2.75, 3.05) is 6.54 Å². The predicted octanol–water partition coefficient (Wildman–Crippen LogP) is 4.42. The molecule has 0 saturated carbocycles. The molecule has 0 amide bonds. The van der Waals surface area contributed by atoms with Crippen molar-refractivity contribution in [2.45, 2.75) is 58.8 Å². The van der Waals surface area contributed by atoms with E-state index in [2.05, 4.69) is 11.9 Å². The van der Waals surface area contributed by atoms with Crippen LogP contribution in [-0.2, 0) is 12.8 Å². The molecule has 1 heterocycles. The Morgan fingerprint density at radius 1 is 1.15 bits per heavy atom. The number of aliphatic imine (C=N–C) groups is 1. The standard InChI is InChI=1S/C22H28N2O2/c1-3-5-15-23-18(4-2)20-21(25)17-13-9-10-14-19(17)24(22(20)26)16-11-7-6-8-12-16/h6-8,11-12,25H,3-5,9-10,13-15H2,1-2H3. The summed E-state index contributed by atoms with van der Waals surface area (Å²) >= 11 is 0. The van der Waals surface area contributed by atoms with Crippen LogP contribution in [0.1, 0.15) is 62.8 Å². The van der Waals surface area contributed by atoms with Crippen LogP contribution in [0.2, 0.25) is 0 Å². The van der Waals surface area contributed by atoms with Gasteiger partial charge in [-0.25, -0.2) is 0 Å². The van der Waals surface area contributed by atoms with Gasteiger partial charge in [0, 0.05) is 23.5 Å². The zero-order valence-corrected chi connectivity index (χ0v) is 15.8. The molecular formula is C22H28N2O2. The fraction of sp³-hybridized carbons (Fsp3) is 0.455. The van der Waals surface area contributed by atoms with E-state index >= 15 is 0 Å². The van der Waals surface area contributed by atoms with E-state index in [0.29, 0.717) is 18.5 Å². The molecule has 4 nitrogen and oxygen atoms in total. The van der Waals surface area contributed by atoms with Crippen molar-refractivity contribution in [1.82, 2.24) is 4.57 Å². The summed E-state index contributed by atoms with van der Waals surface area (Å²) in [5, 5.41) is 11.0. The van der Waals surface area contributed by atoms with Gasteiger partial charge in [-0.15, -0.1) is 0 Å². The zero-order chi connectivity index (χ0) is 18.5. The molecule has 26 heavy (non-hydrogen) atoms. The molecule has 0 atom stereocenters. The monoisotopic (exact) mass is 352 g/mol. The van der Waals surface area contributed by atoms with Crippen LogP contribution in [0.15, 0.2) is 40.1 Å². The van der Waals surface area contributed by atoms with Crippen LogP contribution in [0.4, 0.5) is 0 Å². The highest BCUT2D eigenvalue weighted by molar-refractivity contribution is 6.02. The first-order valence-electron chi connectivity index (χ1n) is 9.77. The molecule has 1 aliphatic carbocycles. The fourth-order valence-corrected chi connectivity index (χ4v) is 3.73. The van der Waals surface area contributed by atoms with Crippen molar-refractivity contribution in [3.8, 4) is 11.4 Å². The first-order chi connectivity index (χ1) is 12.7. The Morgan fingerprint density at radius 3 is 2.58 bits per heavy atom. The third kappa shape index (κ3) is 3.46. The van der Waals surface area contributed by atoms with Gasteiger partial charge in [-0.05, 0) is 50.7 Å². The van der Waals surface area contributed by atoms with E-state index in [1.54, 1.807) is 4.57 Å². The van der Waals surface area contributed by atoms with Gasteiger partial charge in [0.1, 0.15) is 11.3 Å². The third-order valence-electron chi connectivity index (χ3n) is 5.10. The smallest absolute Gasteiger partial charge is 0.268 e. The second-order valence-corrected chi connectivity index (χ2v) is 6.87. The first-order valence-corrected chi connectivity index (χ1v) is 9.77. The van der Waals surface area contributed by atoms with Crippen molar-refractivity contribution < 1.29 is 5.11 Å². The van der Waals surface area contributed by atoms with E-state index in [4.69, 9.17) is 0 Å². The molecule has 0 saturated heterocycles. The lowest BCUT2D eigenvalue weighted by atomic mass is 9.91. The topological polar surface area (TPSA) is 54.6 Å².